The molecule has 2 aromatic carbocycles. The zero-order chi connectivity index (χ0) is 16.9. The third kappa shape index (κ3) is 3.96. The summed E-state index contributed by atoms with van der Waals surface area (Å²) in [5.74, 6) is -0.164. The van der Waals surface area contributed by atoms with E-state index < -0.39 is 11.8 Å². The van der Waals surface area contributed by atoms with E-state index in [1.807, 2.05) is 0 Å². The van der Waals surface area contributed by atoms with Gasteiger partial charge < -0.3 is 18.9 Å². The van der Waals surface area contributed by atoms with Crippen molar-refractivity contribution in [3.8, 4) is 11.5 Å². The largest absolute Gasteiger partial charge is 0.480 e. The van der Waals surface area contributed by atoms with Crippen molar-refractivity contribution in [1.82, 2.24) is 0 Å². The Morgan fingerprint density at radius 3 is 2.96 bits per heavy atom. The van der Waals surface area contributed by atoms with Crippen molar-refractivity contribution in [2.45, 2.75) is 13.2 Å². The van der Waals surface area contributed by atoms with Crippen LogP contribution >= 0.6 is 11.6 Å². The Labute approximate surface area is 142 Å². The van der Waals surface area contributed by atoms with Crippen LogP contribution in [0.15, 0.2) is 36.4 Å². The van der Waals surface area contributed by atoms with Gasteiger partial charge in [-0.25, -0.2) is 9.18 Å². The minimum atomic E-state index is -0.597. The first-order valence-electron chi connectivity index (χ1n) is 7.18. The van der Waals surface area contributed by atoms with Gasteiger partial charge in [-0.1, -0.05) is 23.7 Å². The first-order chi connectivity index (χ1) is 11.6. The predicted octanol–water partition coefficient (Wildman–Crippen LogP) is 3.47. The molecule has 5 nitrogen and oxygen atoms in total. The van der Waals surface area contributed by atoms with Gasteiger partial charge in [0.2, 0.25) is 0 Å². The van der Waals surface area contributed by atoms with Crippen LogP contribution in [0.4, 0.5) is 4.39 Å². The summed E-state index contributed by atoms with van der Waals surface area (Å²) in [6.07, 6.45) is 0. The number of carbonyl (C=O) groups excluding carboxylic acids is 1. The van der Waals surface area contributed by atoms with E-state index in [0.29, 0.717) is 27.6 Å². The maximum absolute atomic E-state index is 13.6. The molecule has 3 rings (SSSR count). The van der Waals surface area contributed by atoms with Gasteiger partial charge in [0.05, 0.1) is 11.6 Å². The van der Waals surface area contributed by atoms with Crippen molar-refractivity contribution in [3.63, 3.8) is 0 Å². The topological polar surface area (TPSA) is 54.0 Å². The lowest BCUT2D eigenvalue weighted by Gasteiger charge is -2.20. The van der Waals surface area contributed by atoms with Crippen molar-refractivity contribution in [3.05, 3.63) is 58.4 Å². The monoisotopic (exact) mass is 352 g/mol. The molecule has 0 spiro atoms. The normalized spacial score (nSPS) is 12.9. The van der Waals surface area contributed by atoms with Gasteiger partial charge in [-0.15, -0.1) is 0 Å². The summed E-state index contributed by atoms with van der Waals surface area (Å²) in [5.41, 5.74) is 1.03. The summed E-state index contributed by atoms with van der Waals surface area (Å²) in [7, 11) is 0. The number of hydrogen-bond acceptors (Lipinski definition) is 5. The molecule has 1 aliphatic heterocycles. The number of para-hydroxylation sites is 1. The zero-order valence-electron chi connectivity index (χ0n) is 12.6. The zero-order valence-corrected chi connectivity index (χ0v) is 13.3. The highest BCUT2D eigenvalue weighted by molar-refractivity contribution is 6.32. The van der Waals surface area contributed by atoms with Crippen LogP contribution in [0.1, 0.15) is 11.1 Å². The first kappa shape index (κ1) is 16.5. The lowest BCUT2D eigenvalue weighted by atomic mass is 10.1. The Bertz CT molecular complexity index is 750. The standard InChI is InChI=1S/C17H14ClFO5/c18-14-3-1-2-4-15(14)22-9-16(20)23-8-12-6-13(19)5-11-7-21-10-24-17(11)12/h1-6H,7-10H2. The van der Waals surface area contributed by atoms with Crippen LogP contribution in [0.3, 0.4) is 0 Å². The molecule has 0 fully saturated rings. The molecule has 0 bridgehead atoms. The molecule has 1 heterocycles. The number of esters is 1. The Kier molecular flexibility index (Phi) is 5.17. The lowest BCUT2D eigenvalue weighted by Crippen LogP contribution is -2.17. The summed E-state index contributed by atoms with van der Waals surface area (Å²) in [6.45, 7) is -0.0884. The van der Waals surface area contributed by atoms with Crippen molar-refractivity contribution < 1.29 is 28.1 Å². The minimum absolute atomic E-state index is 0.0786. The quantitative estimate of drug-likeness (QED) is 0.771. The second-order valence-corrected chi connectivity index (χ2v) is 5.45. The number of carbonyl (C=O) groups is 1. The van der Waals surface area contributed by atoms with E-state index in [1.165, 1.54) is 12.1 Å². The molecule has 0 saturated carbocycles. The van der Waals surface area contributed by atoms with Gasteiger partial charge >= 0.3 is 5.97 Å². The molecular weight excluding hydrogens is 339 g/mol. The third-order valence-corrected chi connectivity index (χ3v) is 3.63. The number of benzene rings is 2. The van der Waals surface area contributed by atoms with Gasteiger partial charge in [-0.05, 0) is 24.3 Å². The van der Waals surface area contributed by atoms with Gasteiger partial charge in [0, 0.05) is 11.1 Å². The first-order valence-corrected chi connectivity index (χ1v) is 7.56. The van der Waals surface area contributed by atoms with Crippen molar-refractivity contribution in [1.29, 1.82) is 0 Å². The highest BCUT2D eigenvalue weighted by atomic mass is 35.5. The van der Waals surface area contributed by atoms with E-state index in [2.05, 4.69) is 0 Å². The summed E-state index contributed by atoms with van der Waals surface area (Å²) in [5, 5.41) is 0.401. The minimum Gasteiger partial charge on any atom is -0.480 e. The maximum atomic E-state index is 13.6. The van der Waals surface area contributed by atoms with Crippen molar-refractivity contribution in [2.24, 2.45) is 0 Å². The van der Waals surface area contributed by atoms with Crippen LogP contribution in [0, 0.1) is 5.82 Å². The molecule has 0 unspecified atom stereocenters. The van der Waals surface area contributed by atoms with Crippen LogP contribution in [0.25, 0.3) is 0 Å². The third-order valence-electron chi connectivity index (χ3n) is 3.32. The summed E-state index contributed by atoms with van der Waals surface area (Å²) >= 11 is 5.93. The molecule has 24 heavy (non-hydrogen) atoms. The molecule has 0 aromatic heterocycles. The summed E-state index contributed by atoms with van der Waals surface area (Å²) in [6, 6.07) is 9.40. The number of hydrogen-bond donors (Lipinski definition) is 0. The smallest absolute Gasteiger partial charge is 0.344 e. The second-order valence-electron chi connectivity index (χ2n) is 5.04. The molecule has 0 atom stereocenters. The molecule has 0 N–H and O–H groups in total. The van der Waals surface area contributed by atoms with Gasteiger partial charge in [-0.3, -0.25) is 0 Å². The number of ether oxygens (including phenoxy) is 4. The fourth-order valence-electron chi connectivity index (χ4n) is 2.26. The van der Waals surface area contributed by atoms with E-state index in [4.69, 9.17) is 30.5 Å². The fourth-order valence-corrected chi connectivity index (χ4v) is 2.45. The van der Waals surface area contributed by atoms with Gasteiger partial charge in [0.25, 0.3) is 0 Å². The van der Waals surface area contributed by atoms with Crippen LogP contribution in [-0.2, 0) is 27.5 Å². The van der Waals surface area contributed by atoms with Crippen LogP contribution in [-0.4, -0.2) is 19.4 Å². The molecule has 1 aliphatic rings. The SMILES string of the molecule is O=C(COc1ccccc1Cl)OCc1cc(F)cc2c1OCOC2. The number of fused-ring (bicyclic) bond motifs is 1. The van der Waals surface area contributed by atoms with E-state index in [1.54, 1.807) is 24.3 Å². The molecule has 0 radical (unpaired) electrons. The van der Waals surface area contributed by atoms with E-state index in [9.17, 15) is 9.18 Å². The van der Waals surface area contributed by atoms with Gasteiger partial charge in [0.1, 0.15) is 23.9 Å². The number of halogens is 2. The second kappa shape index (κ2) is 7.51. The molecular formula is C17H14ClFO5. The Hall–Kier alpha value is -2.31. The molecule has 0 amide bonds. The average molecular weight is 353 g/mol. The van der Waals surface area contributed by atoms with Gasteiger partial charge in [-0.2, -0.15) is 0 Å². The van der Waals surface area contributed by atoms with Crippen molar-refractivity contribution in [2.75, 3.05) is 13.4 Å². The Morgan fingerprint density at radius 2 is 2.12 bits per heavy atom. The average Bonchev–Trinajstić information content (AvgIpc) is 2.58. The molecule has 0 aliphatic carbocycles. The lowest BCUT2D eigenvalue weighted by molar-refractivity contribution is -0.147. The van der Waals surface area contributed by atoms with E-state index >= 15 is 0 Å². The predicted molar refractivity (Wildman–Crippen MR) is 83.4 cm³/mol. The fraction of sp³-hybridized carbons (Fsp3) is 0.235. The van der Waals surface area contributed by atoms with Crippen LogP contribution in [0.2, 0.25) is 5.02 Å². The molecule has 0 saturated heterocycles. The summed E-state index contributed by atoms with van der Waals surface area (Å²) < 4.78 is 34.5. The van der Waals surface area contributed by atoms with Gasteiger partial charge in [0.15, 0.2) is 13.4 Å². The van der Waals surface area contributed by atoms with E-state index in [-0.39, 0.29) is 26.6 Å². The Balaban J connectivity index is 1.59. The molecule has 7 heteroatoms. The highest BCUT2D eigenvalue weighted by Crippen LogP contribution is 2.30. The Morgan fingerprint density at radius 1 is 1.29 bits per heavy atom. The molecule has 126 valence electrons. The maximum Gasteiger partial charge on any atom is 0.344 e. The van der Waals surface area contributed by atoms with Crippen LogP contribution in [0.5, 0.6) is 11.5 Å². The molecule has 2 aromatic rings. The highest BCUT2D eigenvalue weighted by Gasteiger charge is 2.18. The summed E-state index contributed by atoms with van der Waals surface area (Å²) in [4.78, 5) is 11.8. The number of rotatable bonds is 5. The van der Waals surface area contributed by atoms with E-state index in [0.717, 1.165) is 0 Å². The van der Waals surface area contributed by atoms with Crippen LogP contribution < -0.4 is 9.47 Å². The van der Waals surface area contributed by atoms with Crippen molar-refractivity contribution >= 4 is 17.6 Å².